The van der Waals surface area contributed by atoms with Crippen molar-refractivity contribution in [1.29, 1.82) is 0 Å². The Morgan fingerprint density at radius 1 is 1.36 bits per heavy atom. The van der Waals surface area contributed by atoms with Gasteiger partial charge in [-0.3, -0.25) is 4.57 Å². The van der Waals surface area contributed by atoms with Crippen LogP contribution in [0.3, 0.4) is 0 Å². The van der Waals surface area contributed by atoms with Crippen LogP contribution in [-0.4, -0.2) is 43.8 Å². The zero-order valence-corrected chi connectivity index (χ0v) is 13.9. The van der Waals surface area contributed by atoms with E-state index in [1.54, 1.807) is 9.47 Å². The number of anilines is 2. The van der Waals surface area contributed by atoms with Crippen molar-refractivity contribution < 1.29 is 0 Å². The Balaban J connectivity index is 2.26. The number of nitrogens with zero attached hydrogens (tertiary/aromatic N) is 6. The molecular formula is C12H20N8OS. The van der Waals surface area contributed by atoms with Crippen molar-refractivity contribution in [2.75, 3.05) is 24.7 Å². The predicted octanol–water partition coefficient (Wildman–Crippen LogP) is 0.668. The summed E-state index contributed by atoms with van der Waals surface area (Å²) in [5.41, 5.74) is 5.53. The van der Waals surface area contributed by atoms with Gasteiger partial charge in [0.1, 0.15) is 5.82 Å². The molecule has 2 aromatic heterocycles. The lowest BCUT2D eigenvalue weighted by atomic mass is 10.4. The first-order valence-corrected chi connectivity index (χ1v) is 7.81. The lowest BCUT2D eigenvalue weighted by Crippen LogP contribution is -2.18. The summed E-state index contributed by atoms with van der Waals surface area (Å²) in [4.78, 5) is 26.1. The molecule has 120 valence electrons. The second kappa shape index (κ2) is 6.77. The van der Waals surface area contributed by atoms with Gasteiger partial charge in [-0.25, -0.2) is 9.89 Å². The Hall–Kier alpha value is -2.10. The van der Waals surface area contributed by atoms with E-state index in [2.05, 4.69) is 25.1 Å². The number of thioether (sulfide) groups is 1. The van der Waals surface area contributed by atoms with E-state index in [1.807, 2.05) is 27.9 Å². The molecule has 2 rings (SSSR count). The zero-order valence-electron chi connectivity index (χ0n) is 13.1. The van der Waals surface area contributed by atoms with Crippen LogP contribution < -0.4 is 16.3 Å². The van der Waals surface area contributed by atoms with Crippen LogP contribution in [0.4, 0.5) is 11.9 Å². The van der Waals surface area contributed by atoms with E-state index in [0.717, 1.165) is 6.42 Å². The van der Waals surface area contributed by atoms with Crippen LogP contribution in [0.1, 0.15) is 31.3 Å². The molecule has 2 heterocycles. The van der Waals surface area contributed by atoms with Crippen LogP contribution >= 0.6 is 11.8 Å². The number of nitrogens with one attached hydrogen (secondary N) is 1. The fourth-order valence-corrected chi connectivity index (χ4v) is 2.73. The Kier molecular flexibility index (Phi) is 5.01. The first kappa shape index (κ1) is 16.3. The van der Waals surface area contributed by atoms with Gasteiger partial charge in [0.15, 0.2) is 5.16 Å². The maximum atomic E-state index is 11.7. The smallest absolute Gasteiger partial charge is 0.343 e. The maximum absolute atomic E-state index is 11.7. The minimum atomic E-state index is -0.208. The highest BCUT2D eigenvalue weighted by Gasteiger charge is 2.18. The number of nitrogen functional groups attached to an aromatic ring is 1. The van der Waals surface area contributed by atoms with Gasteiger partial charge in [0.2, 0.25) is 11.9 Å². The average molecular weight is 324 g/mol. The first-order valence-electron chi connectivity index (χ1n) is 6.93. The number of hydrogen-bond acceptors (Lipinski definition) is 8. The summed E-state index contributed by atoms with van der Waals surface area (Å²) in [6.45, 7) is 4.56. The van der Waals surface area contributed by atoms with E-state index in [1.165, 1.54) is 11.8 Å². The van der Waals surface area contributed by atoms with Gasteiger partial charge in [-0.2, -0.15) is 15.0 Å². The molecule has 0 unspecified atom stereocenters. The van der Waals surface area contributed by atoms with Crippen LogP contribution in [-0.2, 0) is 6.54 Å². The fraction of sp³-hybridized carbons (Fsp3) is 0.583. The van der Waals surface area contributed by atoms with Gasteiger partial charge in [-0.15, -0.1) is 5.10 Å². The third-order valence-electron chi connectivity index (χ3n) is 2.87. The van der Waals surface area contributed by atoms with Gasteiger partial charge in [-0.1, -0.05) is 18.7 Å². The molecule has 0 aliphatic heterocycles. The molecule has 3 N–H and O–H groups in total. The quantitative estimate of drug-likeness (QED) is 0.744. The molecule has 2 aromatic rings. The average Bonchev–Trinajstić information content (AvgIpc) is 2.80. The monoisotopic (exact) mass is 324 g/mol. The highest BCUT2D eigenvalue weighted by Crippen LogP contribution is 2.31. The third-order valence-corrected chi connectivity index (χ3v) is 3.96. The number of aromatic amines is 1. The van der Waals surface area contributed by atoms with Gasteiger partial charge in [0, 0.05) is 20.6 Å². The number of hydrogen-bond donors (Lipinski definition) is 2. The minimum absolute atomic E-state index is 0.116. The first-order chi connectivity index (χ1) is 10.4. The van der Waals surface area contributed by atoms with Crippen molar-refractivity contribution in [3.8, 4) is 0 Å². The van der Waals surface area contributed by atoms with Gasteiger partial charge in [0.25, 0.3) is 0 Å². The molecule has 1 atom stereocenters. The molecule has 0 saturated carbocycles. The summed E-state index contributed by atoms with van der Waals surface area (Å²) in [7, 11) is 3.67. The van der Waals surface area contributed by atoms with Crippen LogP contribution in [0.2, 0.25) is 0 Å². The van der Waals surface area contributed by atoms with Gasteiger partial charge in [0.05, 0.1) is 5.25 Å². The second-order valence-corrected chi connectivity index (χ2v) is 6.28. The lowest BCUT2D eigenvalue weighted by Gasteiger charge is -2.14. The van der Waals surface area contributed by atoms with E-state index >= 15 is 0 Å². The van der Waals surface area contributed by atoms with Crippen LogP contribution in [0.15, 0.2) is 9.95 Å². The summed E-state index contributed by atoms with van der Waals surface area (Å²) in [6.07, 6.45) is 0.852. The standard InChI is InChI=1S/C12H20N8OS/c1-5-6-20-11(21)17-18-12(20)22-7(2)8-14-9(13)16-10(15-8)19(3)4/h7H,5-6H2,1-4H3,(H,17,21)(H2,13,14,15,16)/t7-/m1/s1. The van der Waals surface area contributed by atoms with Crippen molar-refractivity contribution in [3.05, 3.63) is 16.3 Å². The van der Waals surface area contributed by atoms with Gasteiger partial charge >= 0.3 is 5.69 Å². The molecule has 0 radical (unpaired) electrons. The summed E-state index contributed by atoms with van der Waals surface area (Å²) < 4.78 is 1.61. The van der Waals surface area contributed by atoms with Crippen molar-refractivity contribution in [2.24, 2.45) is 0 Å². The molecule has 22 heavy (non-hydrogen) atoms. The van der Waals surface area contributed by atoms with E-state index in [-0.39, 0.29) is 16.9 Å². The predicted molar refractivity (Wildman–Crippen MR) is 86.0 cm³/mol. The van der Waals surface area contributed by atoms with E-state index < -0.39 is 0 Å². The third kappa shape index (κ3) is 3.56. The lowest BCUT2D eigenvalue weighted by molar-refractivity contribution is 0.602. The molecule has 0 aromatic carbocycles. The molecule has 0 amide bonds. The molecule has 0 aliphatic rings. The molecular weight excluding hydrogens is 304 g/mol. The highest BCUT2D eigenvalue weighted by molar-refractivity contribution is 7.99. The molecule has 0 saturated heterocycles. The van der Waals surface area contributed by atoms with Crippen molar-refractivity contribution in [2.45, 2.75) is 37.2 Å². The molecule has 10 heteroatoms. The summed E-state index contributed by atoms with van der Waals surface area (Å²) in [5.74, 6) is 1.23. The summed E-state index contributed by atoms with van der Waals surface area (Å²) >= 11 is 1.41. The van der Waals surface area contributed by atoms with Crippen molar-refractivity contribution >= 4 is 23.7 Å². The topological polar surface area (TPSA) is 119 Å². The Labute approximate surface area is 132 Å². The fourth-order valence-electron chi connectivity index (χ4n) is 1.80. The van der Waals surface area contributed by atoms with Crippen molar-refractivity contribution in [1.82, 2.24) is 29.7 Å². The largest absolute Gasteiger partial charge is 0.368 e. The zero-order chi connectivity index (χ0) is 16.3. The molecule has 0 aliphatic carbocycles. The molecule has 9 nitrogen and oxygen atoms in total. The normalized spacial score (nSPS) is 12.4. The molecule has 0 spiro atoms. The van der Waals surface area contributed by atoms with Crippen LogP contribution in [0.5, 0.6) is 0 Å². The molecule has 0 bridgehead atoms. The van der Waals surface area contributed by atoms with E-state index in [4.69, 9.17) is 5.73 Å². The SMILES string of the molecule is CCCn1c(S[C@H](C)c2nc(N)nc(N(C)C)n2)n[nH]c1=O. The number of H-pyrrole nitrogens is 1. The summed E-state index contributed by atoms with van der Waals surface area (Å²) in [6, 6.07) is 0. The van der Waals surface area contributed by atoms with Crippen LogP contribution in [0, 0.1) is 0 Å². The maximum Gasteiger partial charge on any atom is 0.343 e. The Morgan fingerprint density at radius 2 is 2.09 bits per heavy atom. The Bertz CT molecular complexity index is 695. The van der Waals surface area contributed by atoms with Gasteiger partial charge in [-0.05, 0) is 13.3 Å². The van der Waals surface area contributed by atoms with Crippen molar-refractivity contribution in [3.63, 3.8) is 0 Å². The minimum Gasteiger partial charge on any atom is -0.368 e. The second-order valence-electron chi connectivity index (χ2n) is 4.97. The van der Waals surface area contributed by atoms with Gasteiger partial charge < -0.3 is 10.6 Å². The summed E-state index contributed by atoms with van der Waals surface area (Å²) in [5, 5.41) is 7.03. The van der Waals surface area contributed by atoms with Crippen LogP contribution in [0.25, 0.3) is 0 Å². The number of nitrogens with two attached hydrogens (primary N) is 1. The molecule has 0 fully saturated rings. The highest BCUT2D eigenvalue weighted by atomic mass is 32.2. The van der Waals surface area contributed by atoms with E-state index in [0.29, 0.717) is 23.5 Å². The number of rotatable bonds is 6. The van der Waals surface area contributed by atoms with E-state index in [9.17, 15) is 4.79 Å². The Morgan fingerprint density at radius 3 is 2.73 bits per heavy atom. The number of aromatic nitrogens is 6.